The molecule has 0 fully saturated rings. The predicted molar refractivity (Wildman–Crippen MR) is 86.8 cm³/mol. The van der Waals surface area contributed by atoms with Crippen LogP contribution in [0, 0.1) is 11.3 Å². The lowest BCUT2D eigenvalue weighted by Gasteiger charge is -2.05. The maximum atomic E-state index is 12.1. The van der Waals surface area contributed by atoms with Crippen molar-refractivity contribution < 1.29 is 4.79 Å². The highest BCUT2D eigenvalue weighted by Gasteiger charge is 2.09. The van der Waals surface area contributed by atoms with Crippen LogP contribution in [0.1, 0.15) is 11.1 Å². The van der Waals surface area contributed by atoms with Crippen LogP contribution in [0.15, 0.2) is 48.7 Å². The number of hydrogen-bond donors (Lipinski definition) is 2. The third-order valence-electron chi connectivity index (χ3n) is 3.38. The molecule has 2 aromatic carbocycles. The van der Waals surface area contributed by atoms with Gasteiger partial charge in [0.25, 0.3) is 0 Å². The summed E-state index contributed by atoms with van der Waals surface area (Å²) in [5.74, 6) is -0.120. The van der Waals surface area contributed by atoms with Gasteiger partial charge in [-0.2, -0.15) is 5.26 Å². The number of anilines is 1. The van der Waals surface area contributed by atoms with Gasteiger partial charge in [0, 0.05) is 27.8 Å². The first-order valence-electron chi connectivity index (χ1n) is 6.71. The number of fused-ring (bicyclic) bond motifs is 1. The topological polar surface area (TPSA) is 68.7 Å². The van der Waals surface area contributed by atoms with Crippen LogP contribution in [-0.4, -0.2) is 10.9 Å². The van der Waals surface area contributed by atoms with Crippen LogP contribution in [0.25, 0.3) is 10.9 Å². The van der Waals surface area contributed by atoms with Crippen LogP contribution >= 0.6 is 11.6 Å². The van der Waals surface area contributed by atoms with E-state index in [0.717, 1.165) is 16.5 Å². The fraction of sp³-hybridized carbons (Fsp3) is 0.0588. The lowest BCUT2D eigenvalue weighted by atomic mass is 10.1. The zero-order valence-electron chi connectivity index (χ0n) is 11.6. The lowest BCUT2D eigenvalue weighted by molar-refractivity contribution is -0.115. The van der Waals surface area contributed by atoms with E-state index in [1.807, 2.05) is 24.4 Å². The number of nitrogens with zero attached hydrogens (tertiary/aromatic N) is 1. The van der Waals surface area contributed by atoms with Crippen LogP contribution in [0.2, 0.25) is 5.02 Å². The minimum Gasteiger partial charge on any atom is -0.361 e. The number of amides is 1. The van der Waals surface area contributed by atoms with Gasteiger partial charge < -0.3 is 10.3 Å². The van der Waals surface area contributed by atoms with Crippen LogP contribution in [0.5, 0.6) is 0 Å². The molecule has 1 aromatic heterocycles. The lowest BCUT2D eigenvalue weighted by Crippen LogP contribution is -2.14. The number of nitriles is 1. The zero-order valence-corrected chi connectivity index (χ0v) is 12.3. The molecule has 2 N–H and O–H groups in total. The Morgan fingerprint density at radius 2 is 2.00 bits per heavy atom. The molecular formula is C17H12ClN3O. The Morgan fingerprint density at radius 3 is 2.73 bits per heavy atom. The van der Waals surface area contributed by atoms with Crippen molar-refractivity contribution in [1.29, 1.82) is 5.26 Å². The van der Waals surface area contributed by atoms with Crippen LogP contribution in [0.3, 0.4) is 0 Å². The van der Waals surface area contributed by atoms with Gasteiger partial charge in [-0.05, 0) is 48.0 Å². The molecule has 5 heteroatoms. The Kier molecular flexibility index (Phi) is 3.82. The molecule has 0 aliphatic carbocycles. The number of carbonyl (C=O) groups excluding carboxylic acids is 1. The third kappa shape index (κ3) is 2.95. The molecule has 1 amide bonds. The number of aromatic nitrogens is 1. The second-order valence-corrected chi connectivity index (χ2v) is 5.35. The average molecular weight is 310 g/mol. The fourth-order valence-electron chi connectivity index (χ4n) is 2.30. The van der Waals surface area contributed by atoms with E-state index in [9.17, 15) is 4.79 Å². The van der Waals surface area contributed by atoms with Crippen molar-refractivity contribution in [2.75, 3.05) is 5.32 Å². The molecule has 0 bridgehead atoms. The number of rotatable bonds is 3. The summed E-state index contributed by atoms with van der Waals surface area (Å²) in [6.07, 6.45) is 2.07. The number of H-pyrrole nitrogens is 1. The maximum Gasteiger partial charge on any atom is 0.228 e. The van der Waals surface area contributed by atoms with E-state index in [4.69, 9.17) is 16.9 Å². The van der Waals surface area contributed by atoms with Crippen molar-refractivity contribution in [3.8, 4) is 6.07 Å². The number of carbonyl (C=O) groups is 1. The van der Waals surface area contributed by atoms with E-state index in [0.29, 0.717) is 16.3 Å². The minimum absolute atomic E-state index is 0.120. The summed E-state index contributed by atoms with van der Waals surface area (Å²) in [6.45, 7) is 0. The van der Waals surface area contributed by atoms with Crippen LogP contribution in [0.4, 0.5) is 5.69 Å². The summed E-state index contributed by atoms with van der Waals surface area (Å²) in [6, 6.07) is 14.3. The zero-order chi connectivity index (χ0) is 15.5. The first-order chi connectivity index (χ1) is 10.7. The van der Waals surface area contributed by atoms with Gasteiger partial charge in [-0.1, -0.05) is 11.6 Å². The summed E-state index contributed by atoms with van der Waals surface area (Å²) < 4.78 is 0. The van der Waals surface area contributed by atoms with Gasteiger partial charge in [-0.3, -0.25) is 4.79 Å². The number of halogens is 1. The van der Waals surface area contributed by atoms with E-state index in [2.05, 4.69) is 10.3 Å². The van der Waals surface area contributed by atoms with Gasteiger partial charge >= 0.3 is 0 Å². The average Bonchev–Trinajstić information content (AvgIpc) is 2.90. The number of benzene rings is 2. The smallest absolute Gasteiger partial charge is 0.228 e. The summed E-state index contributed by atoms with van der Waals surface area (Å²) in [5, 5.41) is 13.2. The third-order valence-corrected chi connectivity index (χ3v) is 3.61. The Morgan fingerprint density at radius 1 is 1.23 bits per heavy atom. The maximum absolute atomic E-state index is 12.1. The fourth-order valence-corrected chi connectivity index (χ4v) is 2.48. The Labute approximate surface area is 132 Å². The second-order valence-electron chi connectivity index (χ2n) is 4.92. The Hall–Kier alpha value is -2.77. The van der Waals surface area contributed by atoms with E-state index in [-0.39, 0.29) is 12.3 Å². The van der Waals surface area contributed by atoms with Crippen molar-refractivity contribution in [2.24, 2.45) is 0 Å². The molecule has 4 nitrogen and oxygen atoms in total. The van der Waals surface area contributed by atoms with Crippen molar-refractivity contribution >= 4 is 34.1 Å². The summed E-state index contributed by atoms with van der Waals surface area (Å²) in [7, 11) is 0. The standard InChI is InChI=1S/C17H12ClN3O/c18-13-3-6-16-15(8-13)12(10-20-16)7-17(22)21-14-4-1-11(9-19)2-5-14/h1-6,8,10,20H,7H2,(H,21,22). The molecule has 0 radical (unpaired) electrons. The first-order valence-corrected chi connectivity index (χ1v) is 7.09. The van der Waals surface area contributed by atoms with Crippen molar-refractivity contribution in [3.05, 3.63) is 64.8 Å². The normalized spacial score (nSPS) is 10.4. The molecule has 0 saturated carbocycles. The minimum atomic E-state index is -0.120. The molecule has 3 aromatic rings. The van der Waals surface area contributed by atoms with Gasteiger partial charge in [0.05, 0.1) is 18.1 Å². The second kappa shape index (κ2) is 5.92. The first kappa shape index (κ1) is 14.2. The van der Waals surface area contributed by atoms with Gasteiger partial charge in [0.1, 0.15) is 0 Å². The number of nitrogens with one attached hydrogen (secondary N) is 2. The molecule has 0 saturated heterocycles. The van der Waals surface area contributed by atoms with E-state index >= 15 is 0 Å². The number of hydrogen-bond acceptors (Lipinski definition) is 2. The number of aromatic amines is 1. The van der Waals surface area contributed by atoms with Crippen LogP contribution < -0.4 is 5.32 Å². The van der Waals surface area contributed by atoms with Crippen molar-refractivity contribution in [3.63, 3.8) is 0 Å². The highest BCUT2D eigenvalue weighted by atomic mass is 35.5. The molecule has 0 atom stereocenters. The molecule has 1 heterocycles. The van der Waals surface area contributed by atoms with E-state index < -0.39 is 0 Å². The molecule has 0 aliphatic heterocycles. The highest BCUT2D eigenvalue weighted by Crippen LogP contribution is 2.23. The SMILES string of the molecule is N#Cc1ccc(NC(=O)Cc2c[nH]c3ccc(Cl)cc23)cc1. The molecular weight excluding hydrogens is 298 g/mol. The summed E-state index contributed by atoms with van der Waals surface area (Å²) in [4.78, 5) is 15.3. The van der Waals surface area contributed by atoms with Gasteiger partial charge in [0.2, 0.25) is 5.91 Å². The molecule has 108 valence electrons. The van der Waals surface area contributed by atoms with Gasteiger partial charge in [-0.25, -0.2) is 0 Å². The molecule has 3 rings (SSSR count). The molecule has 0 unspecified atom stereocenters. The van der Waals surface area contributed by atoms with Crippen LogP contribution in [-0.2, 0) is 11.2 Å². The summed E-state index contributed by atoms with van der Waals surface area (Å²) in [5.41, 5.74) is 3.07. The quantitative estimate of drug-likeness (QED) is 0.771. The van der Waals surface area contributed by atoms with Gasteiger partial charge in [0.15, 0.2) is 0 Å². The van der Waals surface area contributed by atoms with Crippen molar-refractivity contribution in [1.82, 2.24) is 4.98 Å². The summed E-state index contributed by atoms with van der Waals surface area (Å²) >= 11 is 6.00. The molecule has 0 aliphatic rings. The highest BCUT2D eigenvalue weighted by molar-refractivity contribution is 6.31. The molecule has 22 heavy (non-hydrogen) atoms. The van der Waals surface area contributed by atoms with E-state index in [1.54, 1.807) is 30.3 Å². The van der Waals surface area contributed by atoms with E-state index in [1.165, 1.54) is 0 Å². The monoisotopic (exact) mass is 309 g/mol. The molecule has 0 spiro atoms. The van der Waals surface area contributed by atoms with Crippen molar-refractivity contribution in [2.45, 2.75) is 6.42 Å². The Balaban J connectivity index is 1.75. The van der Waals surface area contributed by atoms with Gasteiger partial charge in [-0.15, -0.1) is 0 Å². The largest absolute Gasteiger partial charge is 0.361 e. The Bertz CT molecular complexity index is 875. The predicted octanol–water partition coefficient (Wildman–Crippen LogP) is 3.87.